The zero-order valence-corrected chi connectivity index (χ0v) is 15.3. The molecule has 1 aromatic rings. The summed E-state index contributed by atoms with van der Waals surface area (Å²) in [5, 5.41) is 11.6. The fraction of sp³-hybridized carbons (Fsp3) is 0.429. The summed E-state index contributed by atoms with van der Waals surface area (Å²) in [6.45, 7) is 5.75. The van der Waals surface area contributed by atoms with Crippen LogP contribution in [0.25, 0.3) is 0 Å². The number of carbonyl (C=O) groups excluding carboxylic acids is 1. The number of aliphatic carboxylic acids is 1. The third-order valence-corrected chi connectivity index (χ3v) is 3.96. The molecule has 0 unspecified atom stereocenters. The SMILES string of the molecule is CC(C)(C)N(CCC(=O)O)C(=O)Nc1cc(Br)ccc1Br. The molecule has 0 atom stereocenters. The van der Waals surface area contributed by atoms with Crippen molar-refractivity contribution in [2.24, 2.45) is 0 Å². The third kappa shape index (κ3) is 5.67. The first-order chi connectivity index (χ1) is 9.61. The zero-order valence-electron chi connectivity index (χ0n) is 12.1. The summed E-state index contributed by atoms with van der Waals surface area (Å²) in [6.07, 6.45) is -0.0929. The first-order valence-corrected chi connectivity index (χ1v) is 7.95. The Morgan fingerprint density at radius 1 is 1.29 bits per heavy atom. The van der Waals surface area contributed by atoms with E-state index in [1.165, 1.54) is 4.90 Å². The Bertz CT molecular complexity index is 542. The van der Waals surface area contributed by atoms with Gasteiger partial charge in [-0.3, -0.25) is 4.79 Å². The number of hydrogen-bond acceptors (Lipinski definition) is 2. The average Bonchev–Trinajstić information content (AvgIpc) is 2.32. The molecule has 116 valence electrons. The fourth-order valence-corrected chi connectivity index (χ4v) is 2.43. The summed E-state index contributed by atoms with van der Waals surface area (Å²) in [6, 6.07) is 5.12. The highest BCUT2D eigenvalue weighted by Crippen LogP contribution is 2.27. The molecule has 0 bridgehead atoms. The van der Waals surface area contributed by atoms with Crippen LogP contribution in [0.4, 0.5) is 10.5 Å². The maximum Gasteiger partial charge on any atom is 0.322 e. The number of anilines is 1. The lowest BCUT2D eigenvalue weighted by molar-refractivity contribution is -0.137. The van der Waals surface area contributed by atoms with E-state index < -0.39 is 11.5 Å². The van der Waals surface area contributed by atoms with Crippen molar-refractivity contribution in [3.05, 3.63) is 27.1 Å². The van der Waals surface area contributed by atoms with Gasteiger partial charge < -0.3 is 15.3 Å². The van der Waals surface area contributed by atoms with Gasteiger partial charge in [0.05, 0.1) is 12.1 Å². The lowest BCUT2D eigenvalue weighted by Gasteiger charge is -2.35. The quantitative estimate of drug-likeness (QED) is 0.760. The number of carboxylic acid groups (broad SMARTS) is 1. The van der Waals surface area contributed by atoms with E-state index in [1.807, 2.05) is 32.9 Å². The molecule has 1 aromatic carbocycles. The van der Waals surface area contributed by atoms with Crippen LogP contribution in [0.1, 0.15) is 27.2 Å². The number of nitrogens with one attached hydrogen (secondary N) is 1. The Hall–Kier alpha value is -1.08. The maximum absolute atomic E-state index is 12.4. The van der Waals surface area contributed by atoms with E-state index >= 15 is 0 Å². The predicted molar refractivity (Wildman–Crippen MR) is 89.6 cm³/mol. The lowest BCUT2D eigenvalue weighted by atomic mass is 10.1. The number of amides is 2. The van der Waals surface area contributed by atoms with Gasteiger partial charge in [0.25, 0.3) is 0 Å². The van der Waals surface area contributed by atoms with Crippen molar-refractivity contribution in [3.63, 3.8) is 0 Å². The fourth-order valence-electron chi connectivity index (χ4n) is 1.73. The topological polar surface area (TPSA) is 69.6 Å². The average molecular weight is 422 g/mol. The van der Waals surface area contributed by atoms with E-state index in [-0.39, 0.29) is 19.0 Å². The standard InChI is InChI=1S/C14H18Br2N2O3/c1-14(2,3)18(7-6-12(19)20)13(21)17-11-8-9(15)4-5-10(11)16/h4-5,8H,6-7H2,1-3H3,(H,17,21)(H,19,20). The monoisotopic (exact) mass is 420 g/mol. The van der Waals surface area contributed by atoms with Crippen LogP contribution in [0.5, 0.6) is 0 Å². The van der Waals surface area contributed by atoms with Gasteiger partial charge in [-0.25, -0.2) is 4.79 Å². The van der Waals surface area contributed by atoms with Gasteiger partial charge >= 0.3 is 12.0 Å². The van der Waals surface area contributed by atoms with E-state index in [0.717, 1.165) is 8.95 Å². The summed E-state index contributed by atoms with van der Waals surface area (Å²) in [5.74, 6) is -0.930. The molecule has 0 aliphatic heterocycles. The van der Waals surface area contributed by atoms with Crippen molar-refractivity contribution < 1.29 is 14.7 Å². The predicted octanol–water partition coefficient (Wildman–Crippen LogP) is 4.32. The highest BCUT2D eigenvalue weighted by atomic mass is 79.9. The Kier molecular flexibility index (Phi) is 6.22. The second-order valence-electron chi connectivity index (χ2n) is 5.52. The number of carboxylic acids is 1. The second-order valence-corrected chi connectivity index (χ2v) is 7.29. The van der Waals surface area contributed by atoms with Gasteiger partial charge in [0.15, 0.2) is 0 Å². The molecule has 0 saturated heterocycles. The van der Waals surface area contributed by atoms with Gasteiger partial charge in [-0.2, -0.15) is 0 Å². The molecule has 2 amide bonds. The van der Waals surface area contributed by atoms with Gasteiger partial charge in [-0.1, -0.05) is 15.9 Å². The summed E-state index contributed by atoms with van der Waals surface area (Å²) in [5.41, 5.74) is 0.150. The first-order valence-electron chi connectivity index (χ1n) is 6.36. The van der Waals surface area contributed by atoms with Crippen molar-refractivity contribution >= 4 is 49.5 Å². The number of urea groups is 1. The van der Waals surface area contributed by atoms with Gasteiger partial charge in [-0.05, 0) is 54.9 Å². The lowest BCUT2D eigenvalue weighted by Crippen LogP contribution is -2.48. The van der Waals surface area contributed by atoms with Crippen molar-refractivity contribution in [3.8, 4) is 0 Å². The Morgan fingerprint density at radius 2 is 1.90 bits per heavy atom. The van der Waals surface area contributed by atoms with Crippen LogP contribution in [0, 0.1) is 0 Å². The third-order valence-electron chi connectivity index (χ3n) is 2.77. The minimum absolute atomic E-state index is 0.0929. The molecule has 1 rings (SSSR count). The number of nitrogens with zero attached hydrogens (tertiary/aromatic N) is 1. The molecule has 2 N–H and O–H groups in total. The van der Waals surface area contributed by atoms with Crippen molar-refractivity contribution in [1.29, 1.82) is 0 Å². The van der Waals surface area contributed by atoms with Gasteiger partial charge in [0.1, 0.15) is 0 Å². The second kappa shape index (κ2) is 7.26. The van der Waals surface area contributed by atoms with Gasteiger partial charge in [-0.15, -0.1) is 0 Å². The van der Waals surface area contributed by atoms with Crippen molar-refractivity contribution in [1.82, 2.24) is 4.90 Å². The zero-order chi connectivity index (χ0) is 16.2. The molecule has 0 aliphatic rings. The van der Waals surface area contributed by atoms with Crippen molar-refractivity contribution in [2.75, 3.05) is 11.9 Å². The number of carbonyl (C=O) groups is 2. The van der Waals surface area contributed by atoms with Crippen LogP contribution in [0.15, 0.2) is 27.1 Å². The van der Waals surface area contributed by atoms with Crippen LogP contribution >= 0.6 is 31.9 Å². The highest BCUT2D eigenvalue weighted by Gasteiger charge is 2.27. The Labute approximate surface area is 141 Å². The van der Waals surface area contributed by atoms with E-state index in [4.69, 9.17) is 5.11 Å². The Balaban J connectivity index is 2.90. The molecule has 0 fully saturated rings. The van der Waals surface area contributed by atoms with Crippen LogP contribution in [-0.4, -0.2) is 34.1 Å². The molecule has 7 heteroatoms. The Morgan fingerprint density at radius 3 is 2.43 bits per heavy atom. The molecule has 0 spiro atoms. The minimum Gasteiger partial charge on any atom is -0.481 e. The van der Waals surface area contributed by atoms with Crippen LogP contribution < -0.4 is 5.32 Å². The van der Waals surface area contributed by atoms with Gasteiger partial charge in [0, 0.05) is 21.0 Å². The van der Waals surface area contributed by atoms with Crippen LogP contribution in [0.3, 0.4) is 0 Å². The van der Waals surface area contributed by atoms with Crippen LogP contribution in [0.2, 0.25) is 0 Å². The summed E-state index contributed by atoms with van der Waals surface area (Å²) in [7, 11) is 0. The van der Waals surface area contributed by atoms with Crippen LogP contribution in [-0.2, 0) is 4.79 Å². The number of halogens is 2. The number of rotatable bonds is 4. The normalized spacial score (nSPS) is 11.1. The maximum atomic E-state index is 12.4. The molecule has 21 heavy (non-hydrogen) atoms. The molecular weight excluding hydrogens is 404 g/mol. The van der Waals surface area contributed by atoms with Crippen molar-refractivity contribution in [2.45, 2.75) is 32.7 Å². The largest absolute Gasteiger partial charge is 0.481 e. The molecule has 0 saturated carbocycles. The number of benzene rings is 1. The molecule has 0 aromatic heterocycles. The van der Waals surface area contributed by atoms with E-state index in [0.29, 0.717) is 5.69 Å². The van der Waals surface area contributed by atoms with Gasteiger partial charge in [0.2, 0.25) is 0 Å². The minimum atomic E-state index is -0.930. The summed E-state index contributed by atoms with van der Waals surface area (Å²) < 4.78 is 1.60. The van der Waals surface area contributed by atoms with E-state index in [1.54, 1.807) is 6.07 Å². The highest BCUT2D eigenvalue weighted by molar-refractivity contribution is 9.11. The number of hydrogen-bond donors (Lipinski definition) is 2. The summed E-state index contributed by atoms with van der Waals surface area (Å²) >= 11 is 6.72. The smallest absolute Gasteiger partial charge is 0.322 e. The molecule has 5 nitrogen and oxygen atoms in total. The van der Waals surface area contributed by atoms with E-state index in [9.17, 15) is 9.59 Å². The first kappa shape index (κ1) is 18.0. The molecule has 0 radical (unpaired) electrons. The molecule has 0 aliphatic carbocycles. The van der Waals surface area contributed by atoms with E-state index in [2.05, 4.69) is 37.2 Å². The molecular formula is C14H18Br2N2O3. The summed E-state index contributed by atoms with van der Waals surface area (Å²) in [4.78, 5) is 24.7. The molecule has 0 heterocycles.